The molecule has 0 aliphatic carbocycles. The fourth-order valence-electron chi connectivity index (χ4n) is 1.81. The van der Waals surface area contributed by atoms with Gasteiger partial charge >= 0.3 is 0 Å². The zero-order valence-electron chi connectivity index (χ0n) is 10.4. The van der Waals surface area contributed by atoms with Gasteiger partial charge in [0.05, 0.1) is 6.61 Å². The van der Waals surface area contributed by atoms with Crippen molar-refractivity contribution in [2.75, 3.05) is 0 Å². The highest BCUT2D eigenvalue weighted by Gasteiger charge is 2.06. The van der Waals surface area contributed by atoms with E-state index in [0.29, 0.717) is 12.3 Å². The lowest BCUT2D eigenvalue weighted by molar-refractivity contribution is 0.276. The molecular weight excluding hydrogens is 226 g/mol. The normalized spacial score (nSPS) is 10.4. The van der Waals surface area contributed by atoms with E-state index in [-0.39, 0.29) is 6.61 Å². The van der Waals surface area contributed by atoms with Crippen LogP contribution in [0.2, 0.25) is 0 Å². The van der Waals surface area contributed by atoms with Crippen LogP contribution in [0.5, 0.6) is 11.5 Å². The third-order valence-corrected chi connectivity index (χ3v) is 2.84. The average molecular weight is 243 g/mol. The first-order chi connectivity index (χ1) is 8.74. The van der Waals surface area contributed by atoms with Gasteiger partial charge in [0.15, 0.2) is 0 Å². The first-order valence-corrected chi connectivity index (χ1v) is 5.91. The minimum atomic E-state index is -0.0316. The SMILES string of the molecule is Cc1cc(CN)ccc1Oc1ccccc1CO. The number of para-hydroxylation sites is 1. The number of hydrogen-bond donors (Lipinski definition) is 2. The van der Waals surface area contributed by atoms with Gasteiger partial charge in [-0.15, -0.1) is 0 Å². The Labute approximate surface area is 107 Å². The van der Waals surface area contributed by atoms with Crippen LogP contribution in [-0.2, 0) is 13.2 Å². The van der Waals surface area contributed by atoms with Gasteiger partial charge in [0.2, 0.25) is 0 Å². The Bertz CT molecular complexity index is 538. The van der Waals surface area contributed by atoms with Crippen molar-refractivity contribution in [1.82, 2.24) is 0 Å². The van der Waals surface area contributed by atoms with Crippen molar-refractivity contribution < 1.29 is 9.84 Å². The van der Waals surface area contributed by atoms with Gasteiger partial charge < -0.3 is 15.6 Å². The molecule has 3 N–H and O–H groups in total. The average Bonchev–Trinajstić information content (AvgIpc) is 2.41. The van der Waals surface area contributed by atoms with Gasteiger partial charge in [0, 0.05) is 12.1 Å². The van der Waals surface area contributed by atoms with E-state index in [0.717, 1.165) is 22.4 Å². The molecule has 0 bridgehead atoms. The molecule has 2 aromatic rings. The Kier molecular flexibility index (Phi) is 3.97. The fraction of sp³-hybridized carbons (Fsp3) is 0.200. The number of nitrogens with two attached hydrogens (primary N) is 1. The molecule has 0 aliphatic rings. The number of benzene rings is 2. The van der Waals surface area contributed by atoms with E-state index in [4.69, 9.17) is 10.5 Å². The predicted octanol–water partition coefficient (Wildman–Crippen LogP) is 2.74. The largest absolute Gasteiger partial charge is 0.457 e. The Morgan fingerprint density at radius 2 is 1.89 bits per heavy atom. The van der Waals surface area contributed by atoms with E-state index in [9.17, 15) is 5.11 Å². The number of hydrogen-bond acceptors (Lipinski definition) is 3. The summed E-state index contributed by atoms with van der Waals surface area (Å²) in [6.45, 7) is 2.47. The standard InChI is InChI=1S/C15H17NO2/c1-11-8-12(9-16)6-7-14(11)18-15-5-3-2-4-13(15)10-17/h2-8,17H,9-10,16H2,1H3. The molecule has 0 saturated heterocycles. The molecule has 3 heteroatoms. The van der Waals surface area contributed by atoms with Gasteiger partial charge in [-0.1, -0.05) is 30.3 Å². The summed E-state index contributed by atoms with van der Waals surface area (Å²) >= 11 is 0. The molecule has 0 radical (unpaired) electrons. The molecule has 0 atom stereocenters. The third kappa shape index (κ3) is 2.70. The van der Waals surface area contributed by atoms with E-state index < -0.39 is 0 Å². The van der Waals surface area contributed by atoms with Crippen molar-refractivity contribution in [1.29, 1.82) is 0 Å². The van der Waals surface area contributed by atoms with Crippen molar-refractivity contribution in [3.05, 3.63) is 59.2 Å². The molecular formula is C15H17NO2. The molecule has 0 heterocycles. The van der Waals surface area contributed by atoms with Crippen molar-refractivity contribution in [3.8, 4) is 11.5 Å². The summed E-state index contributed by atoms with van der Waals surface area (Å²) in [7, 11) is 0. The molecule has 2 aromatic carbocycles. The predicted molar refractivity (Wildman–Crippen MR) is 71.5 cm³/mol. The third-order valence-electron chi connectivity index (χ3n) is 2.84. The summed E-state index contributed by atoms with van der Waals surface area (Å²) in [6.07, 6.45) is 0. The smallest absolute Gasteiger partial charge is 0.132 e. The Balaban J connectivity index is 2.28. The molecule has 0 fully saturated rings. The maximum absolute atomic E-state index is 9.25. The second-order valence-corrected chi connectivity index (χ2v) is 4.17. The fourth-order valence-corrected chi connectivity index (χ4v) is 1.81. The second kappa shape index (κ2) is 5.67. The van der Waals surface area contributed by atoms with Crippen molar-refractivity contribution in [2.24, 2.45) is 5.73 Å². The van der Waals surface area contributed by atoms with Crippen molar-refractivity contribution in [3.63, 3.8) is 0 Å². The summed E-state index contributed by atoms with van der Waals surface area (Å²) in [5.74, 6) is 1.47. The molecule has 18 heavy (non-hydrogen) atoms. The minimum absolute atomic E-state index is 0.0316. The quantitative estimate of drug-likeness (QED) is 0.868. The lowest BCUT2D eigenvalue weighted by Crippen LogP contribution is -1.98. The lowest BCUT2D eigenvalue weighted by Gasteiger charge is -2.12. The molecule has 0 amide bonds. The van der Waals surface area contributed by atoms with E-state index in [2.05, 4.69) is 0 Å². The Morgan fingerprint density at radius 1 is 1.11 bits per heavy atom. The van der Waals surface area contributed by atoms with Crippen LogP contribution in [0.1, 0.15) is 16.7 Å². The van der Waals surface area contributed by atoms with Crippen molar-refractivity contribution in [2.45, 2.75) is 20.1 Å². The van der Waals surface area contributed by atoms with Crippen LogP contribution in [0, 0.1) is 6.92 Å². The van der Waals surface area contributed by atoms with Crippen LogP contribution in [0.25, 0.3) is 0 Å². The van der Waals surface area contributed by atoms with Crippen LogP contribution < -0.4 is 10.5 Å². The molecule has 0 spiro atoms. The van der Waals surface area contributed by atoms with Gasteiger partial charge in [0.25, 0.3) is 0 Å². The molecule has 3 nitrogen and oxygen atoms in total. The summed E-state index contributed by atoms with van der Waals surface area (Å²) in [6, 6.07) is 13.3. The first kappa shape index (κ1) is 12.6. The maximum Gasteiger partial charge on any atom is 0.132 e. The highest BCUT2D eigenvalue weighted by atomic mass is 16.5. The van der Waals surface area contributed by atoms with Gasteiger partial charge in [0.1, 0.15) is 11.5 Å². The van der Waals surface area contributed by atoms with Crippen molar-refractivity contribution >= 4 is 0 Å². The molecule has 0 saturated carbocycles. The first-order valence-electron chi connectivity index (χ1n) is 5.91. The highest BCUT2D eigenvalue weighted by Crippen LogP contribution is 2.28. The maximum atomic E-state index is 9.25. The van der Waals surface area contributed by atoms with Gasteiger partial charge in [-0.2, -0.15) is 0 Å². The monoisotopic (exact) mass is 243 g/mol. The topological polar surface area (TPSA) is 55.5 Å². The molecule has 94 valence electrons. The minimum Gasteiger partial charge on any atom is -0.457 e. The second-order valence-electron chi connectivity index (χ2n) is 4.17. The summed E-state index contributed by atoms with van der Waals surface area (Å²) in [5.41, 5.74) is 8.48. The summed E-state index contributed by atoms with van der Waals surface area (Å²) in [5, 5.41) is 9.25. The van der Waals surface area contributed by atoms with Gasteiger partial charge in [-0.25, -0.2) is 0 Å². The molecule has 0 unspecified atom stereocenters. The van der Waals surface area contributed by atoms with E-state index in [1.54, 1.807) is 0 Å². The zero-order valence-corrected chi connectivity index (χ0v) is 10.4. The number of rotatable bonds is 4. The van der Waals surface area contributed by atoms with Gasteiger partial charge in [-0.05, 0) is 30.2 Å². The molecule has 2 rings (SSSR count). The number of aryl methyl sites for hydroxylation is 1. The Hall–Kier alpha value is -1.84. The van der Waals surface area contributed by atoms with Crippen LogP contribution in [0.3, 0.4) is 0 Å². The molecule has 0 aromatic heterocycles. The molecule has 0 aliphatic heterocycles. The van der Waals surface area contributed by atoms with Crippen LogP contribution in [-0.4, -0.2) is 5.11 Å². The number of ether oxygens (including phenoxy) is 1. The summed E-state index contributed by atoms with van der Waals surface area (Å²) in [4.78, 5) is 0. The van der Waals surface area contributed by atoms with E-state index >= 15 is 0 Å². The van der Waals surface area contributed by atoms with Crippen LogP contribution in [0.4, 0.5) is 0 Å². The number of aliphatic hydroxyl groups excluding tert-OH is 1. The summed E-state index contributed by atoms with van der Waals surface area (Å²) < 4.78 is 5.83. The van der Waals surface area contributed by atoms with Crippen LogP contribution >= 0.6 is 0 Å². The lowest BCUT2D eigenvalue weighted by atomic mass is 10.1. The van der Waals surface area contributed by atoms with Crippen LogP contribution in [0.15, 0.2) is 42.5 Å². The van der Waals surface area contributed by atoms with E-state index in [1.165, 1.54) is 0 Å². The number of aliphatic hydroxyl groups is 1. The highest BCUT2D eigenvalue weighted by molar-refractivity contribution is 5.42. The van der Waals surface area contributed by atoms with E-state index in [1.807, 2.05) is 49.4 Å². The Morgan fingerprint density at radius 3 is 2.56 bits per heavy atom. The zero-order chi connectivity index (χ0) is 13.0. The van der Waals surface area contributed by atoms with Gasteiger partial charge in [-0.3, -0.25) is 0 Å².